The van der Waals surface area contributed by atoms with E-state index in [9.17, 15) is 4.79 Å². The molecule has 1 N–H and O–H groups in total. The van der Waals surface area contributed by atoms with Gasteiger partial charge in [0.2, 0.25) is 5.91 Å². The summed E-state index contributed by atoms with van der Waals surface area (Å²) in [5.74, 6) is 0.936. The van der Waals surface area contributed by atoms with Crippen molar-refractivity contribution in [2.45, 2.75) is 57.4 Å². The Hall–Kier alpha value is -0.570. The number of nitrogens with one attached hydrogen (secondary N) is 1. The van der Waals surface area contributed by atoms with E-state index < -0.39 is 0 Å². The molecule has 3 heteroatoms. The quantitative estimate of drug-likeness (QED) is 0.689. The number of unbranched alkanes of at least 4 members (excludes halogenated alkanes) is 4. The molecule has 0 bridgehead atoms. The zero-order valence-electron chi connectivity index (χ0n) is 11.3. The summed E-state index contributed by atoms with van der Waals surface area (Å²) in [4.78, 5) is 14.4. The van der Waals surface area contributed by atoms with Crippen molar-refractivity contribution < 1.29 is 4.79 Å². The first-order valence-corrected chi connectivity index (χ1v) is 7.21. The molecule has 2 atom stereocenters. The number of amides is 1. The minimum Gasteiger partial charge on any atom is -0.354 e. The van der Waals surface area contributed by atoms with Crippen molar-refractivity contribution in [3.05, 3.63) is 0 Å². The second-order valence-corrected chi connectivity index (χ2v) is 5.71. The third kappa shape index (κ3) is 2.49. The molecule has 1 aliphatic heterocycles. The average Bonchev–Trinajstić information content (AvgIpc) is 2.99. The largest absolute Gasteiger partial charge is 0.354 e. The Balaban J connectivity index is 1.62. The highest BCUT2D eigenvalue weighted by Crippen LogP contribution is 2.54. The smallest absolute Gasteiger partial charge is 0.240 e. The van der Waals surface area contributed by atoms with E-state index in [2.05, 4.69) is 24.2 Å². The average molecular weight is 238 g/mol. The van der Waals surface area contributed by atoms with Crippen molar-refractivity contribution in [1.29, 1.82) is 0 Å². The van der Waals surface area contributed by atoms with E-state index in [1.165, 1.54) is 32.1 Å². The Kier molecular flexibility index (Phi) is 4.08. The molecule has 2 fully saturated rings. The van der Waals surface area contributed by atoms with Crippen LogP contribution in [0.4, 0.5) is 0 Å². The topological polar surface area (TPSA) is 32.3 Å². The van der Waals surface area contributed by atoms with Gasteiger partial charge in [-0.05, 0) is 38.8 Å². The highest BCUT2D eigenvalue weighted by molar-refractivity contribution is 5.90. The van der Waals surface area contributed by atoms with Crippen LogP contribution in [0.5, 0.6) is 0 Å². The summed E-state index contributed by atoms with van der Waals surface area (Å²) in [6.45, 7) is 4.18. The van der Waals surface area contributed by atoms with E-state index in [-0.39, 0.29) is 11.4 Å². The Labute approximate surface area is 105 Å². The standard InChI is InChI=1S/C14H26N2O/c1-3-4-5-6-7-9-15-13(17)14-11-12(14)8-10-16(14)2/h12H,3-11H2,1-2H3,(H,15,17)/t12-,14?/m0/s1. The third-order valence-electron chi connectivity index (χ3n) is 4.53. The molecule has 1 amide bonds. The molecule has 2 aliphatic rings. The molecule has 1 saturated heterocycles. The molecule has 0 aromatic carbocycles. The number of hydrogen-bond acceptors (Lipinski definition) is 2. The Morgan fingerprint density at radius 1 is 1.35 bits per heavy atom. The second-order valence-electron chi connectivity index (χ2n) is 5.71. The summed E-state index contributed by atoms with van der Waals surface area (Å²) >= 11 is 0. The number of hydrogen-bond donors (Lipinski definition) is 1. The van der Waals surface area contributed by atoms with E-state index in [0.29, 0.717) is 5.92 Å². The van der Waals surface area contributed by atoms with Crippen molar-refractivity contribution in [3.8, 4) is 0 Å². The molecule has 1 unspecified atom stereocenters. The maximum atomic E-state index is 12.2. The summed E-state index contributed by atoms with van der Waals surface area (Å²) in [5, 5.41) is 3.13. The van der Waals surface area contributed by atoms with Crippen molar-refractivity contribution in [2.24, 2.45) is 5.92 Å². The van der Waals surface area contributed by atoms with Crippen LogP contribution in [-0.2, 0) is 4.79 Å². The van der Waals surface area contributed by atoms with Gasteiger partial charge >= 0.3 is 0 Å². The number of nitrogens with zero attached hydrogens (tertiary/aromatic N) is 1. The van der Waals surface area contributed by atoms with Crippen LogP contribution in [0.15, 0.2) is 0 Å². The zero-order chi connectivity index (χ0) is 12.3. The fourth-order valence-corrected chi connectivity index (χ4v) is 3.21. The lowest BCUT2D eigenvalue weighted by molar-refractivity contribution is -0.127. The first-order valence-electron chi connectivity index (χ1n) is 7.21. The third-order valence-corrected chi connectivity index (χ3v) is 4.53. The molecule has 1 heterocycles. The Morgan fingerprint density at radius 2 is 2.12 bits per heavy atom. The van der Waals surface area contributed by atoms with Crippen LogP contribution >= 0.6 is 0 Å². The number of rotatable bonds is 7. The lowest BCUT2D eigenvalue weighted by Crippen LogP contribution is -2.46. The lowest BCUT2D eigenvalue weighted by atomic mass is 10.1. The number of likely N-dealkylation sites (tertiary alicyclic amines) is 1. The summed E-state index contributed by atoms with van der Waals surface area (Å²) < 4.78 is 0. The molecular weight excluding hydrogens is 212 g/mol. The van der Waals surface area contributed by atoms with Gasteiger partial charge in [-0.1, -0.05) is 32.6 Å². The van der Waals surface area contributed by atoms with Gasteiger partial charge in [-0.25, -0.2) is 0 Å². The van der Waals surface area contributed by atoms with Crippen molar-refractivity contribution in [1.82, 2.24) is 10.2 Å². The first-order chi connectivity index (χ1) is 8.21. The molecule has 1 aliphatic carbocycles. The zero-order valence-corrected chi connectivity index (χ0v) is 11.3. The number of carbonyl (C=O) groups is 1. The van der Waals surface area contributed by atoms with Crippen LogP contribution in [0.2, 0.25) is 0 Å². The van der Waals surface area contributed by atoms with E-state index >= 15 is 0 Å². The summed E-state index contributed by atoms with van der Waals surface area (Å²) in [7, 11) is 2.09. The van der Waals surface area contributed by atoms with Crippen molar-refractivity contribution >= 4 is 5.91 Å². The predicted molar refractivity (Wildman–Crippen MR) is 69.9 cm³/mol. The van der Waals surface area contributed by atoms with Gasteiger partial charge in [-0.3, -0.25) is 9.69 Å². The number of fused-ring (bicyclic) bond motifs is 1. The SMILES string of the molecule is CCCCCCCNC(=O)C12C[C@@H]1CCN2C. The monoisotopic (exact) mass is 238 g/mol. The maximum absolute atomic E-state index is 12.2. The molecular formula is C14H26N2O. The molecule has 2 rings (SSSR count). The number of likely N-dealkylation sites (N-methyl/N-ethyl adjacent to an activating group) is 1. The highest BCUT2D eigenvalue weighted by Gasteiger charge is 2.65. The fraction of sp³-hybridized carbons (Fsp3) is 0.929. The Morgan fingerprint density at radius 3 is 2.71 bits per heavy atom. The minimum absolute atomic E-state index is 0.0938. The van der Waals surface area contributed by atoms with Gasteiger partial charge in [0.1, 0.15) is 5.54 Å². The van der Waals surface area contributed by atoms with Gasteiger partial charge in [-0.2, -0.15) is 0 Å². The van der Waals surface area contributed by atoms with Crippen LogP contribution in [0.25, 0.3) is 0 Å². The van der Waals surface area contributed by atoms with E-state index in [1.807, 2.05) is 0 Å². The summed E-state index contributed by atoms with van der Waals surface area (Å²) in [6.07, 6.45) is 8.59. The first kappa shape index (κ1) is 12.9. The fourth-order valence-electron chi connectivity index (χ4n) is 3.21. The normalized spacial score (nSPS) is 31.3. The van der Waals surface area contributed by atoms with Gasteiger partial charge in [0.25, 0.3) is 0 Å². The lowest BCUT2D eigenvalue weighted by Gasteiger charge is -2.22. The molecule has 0 aromatic rings. The molecule has 0 aromatic heterocycles. The van der Waals surface area contributed by atoms with E-state index in [4.69, 9.17) is 0 Å². The van der Waals surface area contributed by atoms with Crippen LogP contribution in [0.3, 0.4) is 0 Å². The van der Waals surface area contributed by atoms with E-state index in [0.717, 1.165) is 25.9 Å². The van der Waals surface area contributed by atoms with Gasteiger partial charge in [-0.15, -0.1) is 0 Å². The molecule has 3 nitrogen and oxygen atoms in total. The molecule has 0 radical (unpaired) electrons. The highest BCUT2D eigenvalue weighted by atomic mass is 16.2. The second kappa shape index (κ2) is 5.38. The van der Waals surface area contributed by atoms with Crippen molar-refractivity contribution in [2.75, 3.05) is 20.1 Å². The van der Waals surface area contributed by atoms with Crippen LogP contribution in [0.1, 0.15) is 51.9 Å². The molecule has 0 spiro atoms. The Bertz CT molecular complexity index is 279. The molecule has 17 heavy (non-hydrogen) atoms. The van der Waals surface area contributed by atoms with Crippen LogP contribution < -0.4 is 5.32 Å². The molecule has 1 saturated carbocycles. The summed E-state index contributed by atoms with van der Waals surface area (Å²) in [6, 6.07) is 0. The maximum Gasteiger partial charge on any atom is 0.240 e. The predicted octanol–water partition coefficient (Wildman–Crippen LogP) is 2.17. The number of carbonyl (C=O) groups excluding carboxylic acids is 1. The van der Waals surface area contributed by atoms with Gasteiger partial charge in [0, 0.05) is 6.54 Å². The number of piperidine rings is 1. The molecule has 98 valence electrons. The minimum atomic E-state index is -0.0938. The van der Waals surface area contributed by atoms with Crippen molar-refractivity contribution in [3.63, 3.8) is 0 Å². The van der Waals surface area contributed by atoms with Gasteiger partial charge < -0.3 is 5.32 Å². The van der Waals surface area contributed by atoms with Crippen LogP contribution in [-0.4, -0.2) is 36.5 Å². The van der Waals surface area contributed by atoms with Crippen LogP contribution in [0, 0.1) is 5.92 Å². The summed E-state index contributed by atoms with van der Waals surface area (Å²) in [5.41, 5.74) is -0.0938. The van der Waals surface area contributed by atoms with Gasteiger partial charge in [0.15, 0.2) is 0 Å². The van der Waals surface area contributed by atoms with Gasteiger partial charge in [0.05, 0.1) is 0 Å². The van der Waals surface area contributed by atoms with E-state index in [1.54, 1.807) is 0 Å².